The van der Waals surface area contributed by atoms with Crippen molar-refractivity contribution in [2.75, 3.05) is 17.2 Å². The summed E-state index contributed by atoms with van der Waals surface area (Å²) in [6.07, 6.45) is 0.880. The van der Waals surface area contributed by atoms with Crippen LogP contribution in [0.5, 0.6) is 0 Å². The number of nitrogens with one attached hydrogen (secondary N) is 2. The van der Waals surface area contributed by atoms with Crippen LogP contribution in [0, 0.1) is 5.82 Å². The summed E-state index contributed by atoms with van der Waals surface area (Å²) in [5, 5.41) is 6.14. The van der Waals surface area contributed by atoms with Crippen molar-refractivity contribution in [3.8, 4) is 0 Å². The molecular weight excluding hydrogens is 405 g/mol. The number of amides is 3. The third-order valence-electron chi connectivity index (χ3n) is 4.99. The third-order valence-corrected chi connectivity index (χ3v) is 5.25. The topological polar surface area (TPSA) is 61.4 Å². The molecule has 1 heterocycles. The van der Waals surface area contributed by atoms with Crippen LogP contribution >= 0.6 is 11.6 Å². The molecule has 1 fully saturated rings. The van der Waals surface area contributed by atoms with Crippen molar-refractivity contribution in [1.82, 2.24) is 4.90 Å². The number of anilines is 2. The number of hydrogen-bond acceptors (Lipinski definition) is 2. The van der Waals surface area contributed by atoms with Crippen molar-refractivity contribution in [2.24, 2.45) is 0 Å². The molecule has 7 heteroatoms. The SMILES string of the molecule is O=C(Nc1cccc(F)c1)c1cccc(NC(=O)N2CC[C@H]2c2ccc(Cl)cc2)c1. The van der Waals surface area contributed by atoms with Gasteiger partial charge in [0.25, 0.3) is 5.91 Å². The van der Waals surface area contributed by atoms with Crippen molar-refractivity contribution in [1.29, 1.82) is 0 Å². The summed E-state index contributed by atoms with van der Waals surface area (Å²) < 4.78 is 13.3. The number of hydrogen-bond donors (Lipinski definition) is 2. The molecule has 30 heavy (non-hydrogen) atoms. The molecule has 0 radical (unpaired) electrons. The quantitative estimate of drug-likeness (QED) is 0.564. The molecule has 0 aromatic heterocycles. The maximum Gasteiger partial charge on any atom is 0.322 e. The summed E-state index contributed by atoms with van der Waals surface area (Å²) in [6.45, 7) is 0.652. The maximum atomic E-state index is 13.3. The lowest BCUT2D eigenvalue weighted by Crippen LogP contribution is -2.47. The highest BCUT2D eigenvalue weighted by Crippen LogP contribution is 2.34. The van der Waals surface area contributed by atoms with Crippen LogP contribution in [0.25, 0.3) is 0 Å². The molecule has 5 nitrogen and oxygen atoms in total. The van der Waals surface area contributed by atoms with Gasteiger partial charge in [0.05, 0.1) is 6.04 Å². The number of halogens is 2. The van der Waals surface area contributed by atoms with Gasteiger partial charge in [-0.25, -0.2) is 9.18 Å². The molecule has 2 N–H and O–H groups in total. The van der Waals surface area contributed by atoms with Gasteiger partial charge in [0.1, 0.15) is 5.82 Å². The molecule has 1 saturated heterocycles. The van der Waals surface area contributed by atoms with Crippen LogP contribution in [-0.2, 0) is 0 Å². The second-order valence-corrected chi connectivity index (χ2v) is 7.46. The van der Waals surface area contributed by atoms with Gasteiger partial charge in [-0.15, -0.1) is 0 Å². The average Bonchev–Trinajstić information content (AvgIpc) is 2.69. The minimum Gasteiger partial charge on any atom is -0.322 e. The average molecular weight is 424 g/mol. The predicted octanol–water partition coefficient (Wildman–Crippen LogP) is 5.71. The largest absolute Gasteiger partial charge is 0.322 e. The van der Waals surface area contributed by atoms with Gasteiger partial charge in [0, 0.05) is 28.5 Å². The van der Waals surface area contributed by atoms with Gasteiger partial charge < -0.3 is 15.5 Å². The number of carbonyl (C=O) groups is 2. The first-order valence-electron chi connectivity index (χ1n) is 9.50. The van der Waals surface area contributed by atoms with E-state index in [1.165, 1.54) is 18.2 Å². The van der Waals surface area contributed by atoms with Crippen molar-refractivity contribution in [3.05, 3.63) is 94.8 Å². The minimum atomic E-state index is -0.432. The summed E-state index contributed by atoms with van der Waals surface area (Å²) in [7, 11) is 0. The summed E-state index contributed by atoms with van der Waals surface area (Å²) in [5.74, 6) is -0.821. The fourth-order valence-corrected chi connectivity index (χ4v) is 3.49. The van der Waals surface area contributed by atoms with Gasteiger partial charge in [-0.3, -0.25) is 4.79 Å². The molecule has 0 spiro atoms. The highest BCUT2D eigenvalue weighted by molar-refractivity contribution is 6.30. The lowest BCUT2D eigenvalue weighted by molar-refractivity contribution is 0.102. The molecule has 3 aromatic carbocycles. The van der Waals surface area contributed by atoms with Crippen LogP contribution in [0.2, 0.25) is 5.02 Å². The van der Waals surface area contributed by atoms with E-state index >= 15 is 0 Å². The van der Waals surface area contributed by atoms with Gasteiger partial charge in [-0.2, -0.15) is 0 Å². The Balaban J connectivity index is 1.42. The first-order chi connectivity index (χ1) is 14.5. The van der Waals surface area contributed by atoms with Crippen LogP contribution in [0.4, 0.5) is 20.6 Å². The van der Waals surface area contributed by atoms with Crippen LogP contribution in [-0.4, -0.2) is 23.4 Å². The van der Waals surface area contributed by atoms with Crippen LogP contribution < -0.4 is 10.6 Å². The zero-order valence-electron chi connectivity index (χ0n) is 15.9. The Morgan fingerprint density at radius 3 is 2.30 bits per heavy atom. The van der Waals surface area contributed by atoms with E-state index in [0.717, 1.165) is 12.0 Å². The molecule has 1 aliphatic heterocycles. The zero-order valence-corrected chi connectivity index (χ0v) is 16.7. The molecule has 0 bridgehead atoms. The van der Waals surface area contributed by atoms with Crippen molar-refractivity contribution < 1.29 is 14.0 Å². The van der Waals surface area contributed by atoms with Crippen molar-refractivity contribution in [2.45, 2.75) is 12.5 Å². The van der Waals surface area contributed by atoms with Crippen LogP contribution in [0.3, 0.4) is 0 Å². The van der Waals surface area contributed by atoms with Crippen molar-refractivity contribution in [3.63, 3.8) is 0 Å². The molecule has 4 rings (SSSR count). The minimum absolute atomic E-state index is 0.00160. The standard InChI is InChI=1S/C23H19ClFN3O2/c24-17-9-7-15(8-10-17)21-11-12-28(21)23(30)27-19-5-1-3-16(13-19)22(29)26-20-6-2-4-18(25)14-20/h1-10,13-14,21H,11-12H2,(H,26,29)(H,27,30)/t21-/m0/s1. The number of benzene rings is 3. The van der Waals surface area contributed by atoms with Crippen molar-refractivity contribution >= 4 is 34.9 Å². The van der Waals surface area contributed by atoms with E-state index in [1.807, 2.05) is 24.3 Å². The van der Waals surface area contributed by atoms with Gasteiger partial charge in [0.15, 0.2) is 0 Å². The van der Waals surface area contributed by atoms with E-state index < -0.39 is 5.82 Å². The lowest BCUT2D eigenvalue weighted by Gasteiger charge is -2.41. The Morgan fingerprint density at radius 2 is 1.63 bits per heavy atom. The highest BCUT2D eigenvalue weighted by atomic mass is 35.5. The fraction of sp³-hybridized carbons (Fsp3) is 0.130. The maximum absolute atomic E-state index is 13.3. The summed E-state index contributed by atoms with van der Waals surface area (Å²) >= 11 is 5.94. The van der Waals surface area contributed by atoms with Gasteiger partial charge in [0.2, 0.25) is 0 Å². The molecule has 152 valence electrons. The molecule has 0 unspecified atom stereocenters. The Morgan fingerprint density at radius 1 is 0.933 bits per heavy atom. The second-order valence-electron chi connectivity index (χ2n) is 7.02. The van der Waals surface area contributed by atoms with E-state index in [-0.39, 0.29) is 18.0 Å². The highest BCUT2D eigenvalue weighted by Gasteiger charge is 2.33. The first kappa shape index (κ1) is 19.9. The Hall–Kier alpha value is -3.38. The first-order valence-corrected chi connectivity index (χ1v) is 9.87. The van der Waals surface area contributed by atoms with Gasteiger partial charge >= 0.3 is 6.03 Å². The lowest BCUT2D eigenvalue weighted by atomic mass is 9.95. The normalized spacial score (nSPS) is 15.3. The molecule has 3 amide bonds. The zero-order chi connectivity index (χ0) is 21.1. The van der Waals surface area contributed by atoms with E-state index in [2.05, 4.69) is 10.6 Å². The molecule has 3 aromatic rings. The predicted molar refractivity (Wildman–Crippen MR) is 115 cm³/mol. The summed E-state index contributed by atoms with van der Waals surface area (Å²) in [4.78, 5) is 26.9. The number of urea groups is 1. The monoisotopic (exact) mass is 423 g/mol. The van der Waals surface area contributed by atoms with Gasteiger partial charge in [-0.1, -0.05) is 35.9 Å². The fourth-order valence-electron chi connectivity index (χ4n) is 3.36. The Labute approximate surface area is 178 Å². The van der Waals surface area contributed by atoms with Crippen LogP contribution in [0.15, 0.2) is 72.8 Å². The Bertz CT molecular complexity index is 1090. The number of carbonyl (C=O) groups excluding carboxylic acids is 2. The Kier molecular flexibility index (Phi) is 5.68. The molecule has 1 aliphatic rings. The van der Waals surface area contributed by atoms with Crippen LogP contribution in [0.1, 0.15) is 28.4 Å². The smallest absolute Gasteiger partial charge is 0.322 e. The third kappa shape index (κ3) is 4.44. The number of nitrogens with zero attached hydrogens (tertiary/aromatic N) is 1. The van der Waals surface area contributed by atoms with Gasteiger partial charge in [-0.05, 0) is 60.5 Å². The number of likely N-dealkylation sites (tertiary alicyclic amines) is 1. The molecule has 0 aliphatic carbocycles. The molecule has 0 saturated carbocycles. The number of rotatable bonds is 4. The van der Waals surface area contributed by atoms with E-state index in [0.29, 0.717) is 28.5 Å². The van der Waals surface area contributed by atoms with E-state index in [9.17, 15) is 14.0 Å². The van der Waals surface area contributed by atoms with E-state index in [1.54, 1.807) is 35.2 Å². The summed E-state index contributed by atoms with van der Waals surface area (Å²) in [5.41, 5.74) is 2.26. The van der Waals surface area contributed by atoms with E-state index in [4.69, 9.17) is 11.6 Å². The summed E-state index contributed by atoms with van der Waals surface area (Å²) in [6, 6.07) is 19.5. The molecule has 1 atom stereocenters. The molecular formula is C23H19ClFN3O2. The second kappa shape index (κ2) is 8.55.